The van der Waals surface area contributed by atoms with Gasteiger partial charge in [0.25, 0.3) is 5.79 Å². The lowest BCUT2D eigenvalue weighted by Crippen LogP contribution is -2.73. The van der Waals surface area contributed by atoms with Gasteiger partial charge in [-0.2, -0.15) is 0 Å². The predicted octanol–water partition coefficient (Wildman–Crippen LogP) is -7.10. The summed E-state index contributed by atoms with van der Waals surface area (Å²) in [5.74, 6) is -7.50. The van der Waals surface area contributed by atoms with Crippen LogP contribution in [0.4, 0.5) is 0 Å². The van der Waals surface area contributed by atoms with Crippen LogP contribution in [0.3, 0.4) is 0 Å². The molecule has 2 unspecified atom stereocenters. The van der Waals surface area contributed by atoms with Crippen molar-refractivity contribution in [2.24, 2.45) is 0 Å². The van der Waals surface area contributed by atoms with Gasteiger partial charge in [0, 0.05) is 0 Å². The number of ether oxygens (including phenoxy) is 3. The van der Waals surface area contributed by atoms with Crippen molar-refractivity contribution in [2.45, 2.75) is 60.4 Å². The minimum atomic E-state index is -3.18. The van der Waals surface area contributed by atoms with Crippen molar-refractivity contribution in [3.05, 3.63) is 0 Å². The number of Topliss-reactive ketones (excluding diaryl/α,β-unsaturated/α-hetero) is 1. The molecule has 2 aliphatic rings. The molecule has 0 bridgehead atoms. The minimum Gasteiger partial charge on any atom is -0.394 e. The Morgan fingerprint density at radius 3 is 1.86 bits per heavy atom. The van der Waals surface area contributed by atoms with E-state index in [0.29, 0.717) is 0 Å². The molecule has 14 heteroatoms. The molecule has 10 atom stereocenters. The van der Waals surface area contributed by atoms with Gasteiger partial charge in [0.1, 0.15) is 55.4 Å². The monoisotopic (exact) mass is 430 g/mol. The summed E-state index contributed by atoms with van der Waals surface area (Å²) in [5, 5.41) is 97.9. The smallest absolute Gasteiger partial charge is 0.264 e. The van der Waals surface area contributed by atoms with Gasteiger partial charge in [0.15, 0.2) is 0 Å². The van der Waals surface area contributed by atoms with Crippen LogP contribution in [0.5, 0.6) is 0 Å². The van der Waals surface area contributed by atoms with Crippen LogP contribution in [-0.4, -0.2) is 144 Å². The van der Waals surface area contributed by atoms with Crippen LogP contribution in [0.15, 0.2) is 0 Å². The number of carbonyl (C=O) groups is 1. The molecule has 2 saturated heterocycles. The topological polar surface area (TPSA) is 247 Å². The van der Waals surface area contributed by atoms with Crippen LogP contribution < -0.4 is 0 Å². The second-order valence-corrected chi connectivity index (χ2v) is 6.84. The summed E-state index contributed by atoms with van der Waals surface area (Å²) in [6, 6.07) is 0. The van der Waals surface area contributed by atoms with E-state index < -0.39 is 92.6 Å². The molecular formula is C15H26O14. The van der Waals surface area contributed by atoms with Crippen molar-refractivity contribution in [1.29, 1.82) is 0 Å². The average molecular weight is 430 g/mol. The minimum absolute atomic E-state index is 0.854. The number of rotatable bonds is 8. The highest BCUT2D eigenvalue weighted by atomic mass is 16.8. The van der Waals surface area contributed by atoms with E-state index in [4.69, 9.17) is 19.3 Å². The normalized spacial score (nSPS) is 46.6. The Morgan fingerprint density at radius 2 is 1.41 bits per heavy atom. The van der Waals surface area contributed by atoms with Gasteiger partial charge in [-0.05, 0) is 0 Å². The van der Waals surface area contributed by atoms with Crippen LogP contribution in [0.25, 0.3) is 0 Å². The number of carbonyl (C=O) groups excluding carboxylic acids is 1. The highest BCUT2D eigenvalue weighted by molar-refractivity contribution is 5.91. The number of hydrogen-bond donors (Lipinski definition) is 10. The van der Waals surface area contributed by atoms with E-state index in [9.17, 15) is 50.8 Å². The maximum atomic E-state index is 12.7. The number of hydrogen-bond acceptors (Lipinski definition) is 14. The van der Waals surface area contributed by atoms with Gasteiger partial charge in [0.2, 0.25) is 11.6 Å². The number of aliphatic hydroxyl groups is 10. The summed E-state index contributed by atoms with van der Waals surface area (Å²) in [4.78, 5) is 12.7. The third-order valence-corrected chi connectivity index (χ3v) is 5.00. The van der Waals surface area contributed by atoms with E-state index in [1.54, 1.807) is 0 Å². The maximum absolute atomic E-state index is 12.7. The molecule has 0 amide bonds. The third-order valence-electron chi connectivity index (χ3n) is 5.00. The molecule has 0 saturated carbocycles. The molecule has 29 heavy (non-hydrogen) atoms. The first-order valence-corrected chi connectivity index (χ1v) is 8.67. The molecule has 10 N–H and O–H groups in total. The largest absolute Gasteiger partial charge is 0.394 e. The molecule has 0 spiro atoms. The Morgan fingerprint density at radius 1 is 0.862 bits per heavy atom. The SMILES string of the molecule is O=C(C(O)CO)[C@@]1(OC2(CO)O[C@H](CO)[C@@H](O)[C@@H]2O)O[C@H](CO)[C@@H](O)[C@H](O)[C@H]1O. The summed E-state index contributed by atoms with van der Waals surface area (Å²) >= 11 is 0. The van der Waals surface area contributed by atoms with Crippen LogP contribution in [-0.2, 0) is 19.0 Å². The second-order valence-electron chi connectivity index (χ2n) is 6.84. The molecule has 170 valence electrons. The van der Waals surface area contributed by atoms with Crippen molar-refractivity contribution in [2.75, 3.05) is 26.4 Å². The quantitative estimate of drug-likeness (QED) is 0.172. The van der Waals surface area contributed by atoms with Gasteiger partial charge in [-0.15, -0.1) is 0 Å². The Hall–Kier alpha value is -0.850. The van der Waals surface area contributed by atoms with E-state index in [1.165, 1.54) is 0 Å². The molecule has 0 aromatic heterocycles. The number of aliphatic hydroxyl groups excluding tert-OH is 10. The van der Waals surface area contributed by atoms with Crippen molar-refractivity contribution in [1.82, 2.24) is 0 Å². The van der Waals surface area contributed by atoms with E-state index in [-0.39, 0.29) is 0 Å². The summed E-state index contributed by atoms with van der Waals surface area (Å²) in [5.41, 5.74) is 0. The maximum Gasteiger partial charge on any atom is 0.264 e. The van der Waals surface area contributed by atoms with Gasteiger partial charge < -0.3 is 65.3 Å². The van der Waals surface area contributed by atoms with Crippen LogP contribution in [0, 0.1) is 0 Å². The first-order chi connectivity index (χ1) is 13.5. The average Bonchev–Trinajstić information content (AvgIpc) is 2.97. The first-order valence-electron chi connectivity index (χ1n) is 8.67. The fourth-order valence-electron chi connectivity index (χ4n) is 3.30. The van der Waals surface area contributed by atoms with Gasteiger partial charge in [0.05, 0.1) is 19.8 Å². The lowest BCUT2D eigenvalue weighted by Gasteiger charge is -2.50. The zero-order valence-corrected chi connectivity index (χ0v) is 15.1. The molecule has 2 rings (SSSR count). The zero-order chi connectivity index (χ0) is 22.1. The summed E-state index contributed by atoms with van der Waals surface area (Å²) in [6.07, 6.45) is -16.0. The van der Waals surface area contributed by atoms with Gasteiger partial charge >= 0.3 is 0 Å². The Labute approximate surface area is 163 Å². The predicted molar refractivity (Wildman–Crippen MR) is 85.7 cm³/mol. The fraction of sp³-hybridized carbons (Fsp3) is 0.933. The highest BCUT2D eigenvalue weighted by Gasteiger charge is 2.66. The lowest BCUT2D eigenvalue weighted by molar-refractivity contribution is -0.417. The molecule has 0 aromatic rings. The Balaban J connectivity index is 2.55. The Kier molecular flexibility index (Phi) is 7.67. The van der Waals surface area contributed by atoms with Crippen LogP contribution in [0.1, 0.15) is 0 Å². The third kappa shape index (κ3) is 3.92. The van der Waals surface area contributed by atoms with E-state index in [2.05, 4.69) is 0 Å². The van der Waals surface area contributed by atoms with Crippen LogP contribution >= 0.6 is 0 Å². The van der Waals surface area contributed by atoms with E-state index >= 15 is 0 Å². The summed E-state index contributed by atoms with van der Waals surface area (Å²) in [7, 11) is 0. The van der Waals surface area contributed by atoms with Crippen molar-refractivity contribution < 1.29 is 70.1 Å². The van der Waals surface area contributed by atoms with Crippen LogP contribution in [0.2, 0.25) is 0 Å². The summed E-state index contributed by atoms with van der Waals surface area (Å²) < 4.78 is 15.5. The molecule has 0 aromatic carbocycles. The Bertz CT molecular complexity index is 573. The zero-order valence-electron chi connectivity index (χ0n) is 15.1. The van der Waals surface area contributed by atoms with Crippen molar-refractivity contribution in [3.63, 3.8) is 0 Å². The lowest BCUT2D eigenvalue weighted by atomic mass is 9.87. The summed E-state index contributed by atoms with van der Waals surface area (Å²) in [6.45, 7) is -4.33. The first kappa shape index (κ1) is 24.4. The van der Waals surface area contributed by atoms with E-state index in [0.717, 1.165) is 0 Å². The number of ketones is 1. The molecular weight excluding hydrogens is 404 g/mol. The molecule has 0 radical (unpaired) electrons. The standard InChI is InChI=1S/C15H26O14/c16-1-5(20)11(24)15(13(26)10(23)8(21)6(2-17)28-15)29-14(4-19)12(25)9(22)7(3-18)27-14/h5-10,12-13,16-23,25-26H,1-4H2/t5?,6-,7-,8-,9-,10+,12+,13-,14?,15+/m1/s1. The molecule has 0 aliphatic carbocycles. The fourth-order valence-corrected chi connectivity index (χ4v) is 3.30. The molecule has 2 heterocycles. The molecule has 14 nitrogen and oxygen atoms in total. The van der Waals surface area contributed by atoms with Gasteiger partial charge in [-0.25, -0.2) is 0 Å². The second kappa shape index (κ2) is 9.11. The molecule has 2 fully saturated rings. The molecule has 2 aliphatic heterocycles. The van der Waals surface area contributed by atoms with Gasteiger partial charge in [-0.3, -0.25) is 4.79 Å². The van der Waals surface area contributed by atoms with Crippen molar-refractivity contribution in [3.8, 4) is 0 Å². The van der Waals surface area contributed by atoms with Gasteiger partial charge in [-0.1, -0.05) is 0 Å². The van der Waals surface area contributed by atoms with Crippen molar-refractivity contribution >= 4 is 5.78 Å². The highest BCUT2D eigenvalue weighted by Crippen LogP contribution is 2.41. The van der Waals surface area contributed by atoms with E-state index in [1.807, 2.05) is 0 Å².